The van der Waals surface area contributed by atoms with E-state index in [0.717, 1.165) is 17.2 Å². The van der Waals surface area contributed by atoms with Crippen molar-refractivity contribution in [3.63, 3.8) is 0 Å². The lowest BCUT2D eigenvalue weighted by Crippen LogP contribution is -2.53. The number of carbonyl (C=O) groups excluding carboxylic acids is 2. The molecule has 0 fully saturated rings. The molecule has 0 radical (unpaired) electrons. The first-order chi connectivity index (χ1) is 17.4. The van der Waals surface area contributed by atoms with E-state index in [4.69, 9.17) is 4.42 Å². The Hall–Kier alpha value is -4.26. The molecule has 3 aromatic carbocycles. The third-order valence-electron chi connectivity index (χ3n) is 7.23. The second-order valence-electron chi connectivity index (χ2n) is 9.28. The molecule has 180 valence electrons. The van der Waals surface area contributed by atoms with E-state index in [-0.39, 0.29) is 35.4 Å². The second kappa shape index (κ2) is 7.88. The van der Waals surface area contributed by atoms with E-state index < -0.39 is 28.6 Å². The second-order valence-corrected chi connectivity index (χ2v) is 9.28. The summed E-state index contributed by atoms with van der Waals surface area (Å²) in [4.78, 5) is 45.3. The molecule has 36 heavy (non-hydrogen) atoms. The molecule has 1 aromatic heterocycles. The molecule has 7 heteroatoms. The maximum Gasteiger partial charge on any atom is 0.291 e. The van der Waals surface area contributed by atoms with Crippen LogP contribution in [0.25, 0.3) is 11.0 Å². The van der Waals surface area contributed by atoms with Gasteiger partial charge >= 0.3 is 0 Å². The van der Waals surface area contributed by atoms with Gasteiger partial charge in [0, 0.05) is 12.1 Å². The van der Waals surface area contributed by atoms with E-state index in [2.05, 4.69) is 0 Å². The van der Waals surface area contributed by atoms with Crippen LogP contribution in [0.4, 0.5) is 10.1 Å². The molecular formula is C29H23FN2O4. The number of hydrogen-bond donors (Lipinski definition) is 0. The summed E-state index contributed by atoms with van der Waals surface area (Å²) in [6.45, 7) is 4.40. The molecule has 4 aromatic rings. The van der Waals surface area contributed by atoms with Crippen LogP contribution in [0.3, 0.4) is 0 Å². The fourth-order valence-electron chi connectivity index (χ4n) is 5.60. The Morgan fingerprint density at radius 2 is 1.72 bits per heavy atom. The largest absolute Gasteiger partial charge is 0.450 e. The van der Waals surface area contributed by atoms with Crippen LogP contribution in [-0.2, 0) is 16.9 Å². The zero-order valence-corrected chi connectivity index (χ0v) is 19.9. The first-order valence-electron chi connectivity index (χ1n) is 11.9. The smallest absolute Gasteiger partial charge is 0.291 e. The first-order valence-corrected chi connectivity index (χ1v) is 11.9. The van der Waals surface area contributed by atoms with E-state index >= 15 is 0 Å². The number of halogens is 1. The lowest BCUT2D eigenvalue weighted by Gasteiger charge is -2.34. The molecule has 6 nitrogen and oxygen atoms in total. The number of anilines is 1. The Morgan fingerprint density at radius 1 is 0.972 bits per heavy atom. The Kier molecular flexibility index (Phi) is 4.86. The molecule has 0 bridgehead atoms. The molecule has 1 atom stereocenters. The monoisotopic (exact) mass is 482 g/mol. The van der Waals surface area contributed by atoms with Gasteiger partial charge in [-0.3, -0.25) is 14.4 Å². The van der Waals surface area contributed by atoms with Crippen LogP contribution < -0.4 is 10.3 Å². The molecule has 2 amide bonds. The van der Waals surface area contributed by atoms with Crippen molar-refractivity contribution in [1.29, 1.82) is 0 Å². The number of amides is 2. The molecule has 0 N–H and O–H groups in total. The molecule has 0 saturated carbocycles. The van der Waals surface area contributed by atoms with E-state index in [1.807, 2.05) is 50.2 Å². The summed E-state index contributed by atoms with van der Waals surface area (Å²) in [5.41, 5.74) is 0.983. The fourth-order valence-corrected chi connectivity index (χ4v) is 5.60. The van der Waals surface area contributed by atoms with Gasteiger partial charge in [0.2, 0.25) is 5.76 Å². The van der Waals surface area contributed by atoms with Crippen LogP contribution in [0.2, 0.25) is 0 Å². The zero-order valence-electron chi connectivity index (χ0n) is 19.9. The summed E-state index contributed by atoms with van der Waals surface area (Å²) in [5.74, 6) is -1.67. The predicted octanol–water partition coefficient (Wildman–Crippen LogP) is 4.90. The fraction of sp³-hybridized carbons (Fsp3) is 0.207. The van der Waals surface area contributed by atoms with Gasteiger partial charge in [-0.2, -0.15) is 0 Å². The average molecular weight is 483 g/mol. The normalized spacial score (nSPS) is 18.4. The minimum absolute atomic E-state index is 0.00177. The van der Waals surface area contributed by atoms with Crippen molar-refractivity contribution in [2.75, 3.05) is 11.4 Å². The molecule has 0 saturated heterocycles. The minimum Gasteiger partial charge on any atom is -0.450 e. The third-order valence-corrected chi connectivity index (χ3v) is 7.23. The Morgan fingerprint density at radius 3 is 2.50 bits per heavy atom. The van der Waals surface area contributed by atoms with Gasteiger partial charge < -0.3 is 14.2 Å². The van der Waals surface area contributed by atoms with Crippen molar-refractivity contribution >= 4 is 28.5 Å². The van der Waals surface area contributed by atoms with Gasteiger partial charge in [0.25, 0.3) is 11.8 Å². The molecule has 0 aliphatic carbocycles. The van der Waals surface area contributed by atoms with Gasteiger partial charge in [0.15, 0.2) is 11.0 Å². The first kappa shape index (κ1) is 22.2. The average Bonchev–Trinajstić information content (AvgIpc) is 3.26. The summed E-state index contributed by atoms with van der Waals surface area (Å²) in [6.07, 6.45) is 0.567. The van der Waals surface area contributed by atoms with Crippen LogP contribution in [0, 0.1) is 12.7 Å². The van der Waals surface area contributed by atoms with Crippen LogP contribution in [0.5, 0.6) is 0 Å². The SMILES string of the molecule is CCCN1C(=O)c2oc3ccc(F)cc3c(=O)c2C12C(=O)N(Cc1ccccc1C)c1ccccc12. The highest BCUT2D eigenvalue weighted by Crippen LogP contribution is 2.52. The molecule has 2 aliphatic rings. The van der Waals surface area contributed by atoms with Gasteiger partial charge in [-0.1, -0.05) is 49.4 Å². The number of aryl methyl sites for hydroxylation is 1. The number of fused-ring (bicyclic) bond motifs is 5. The molecule has 2 aliphatic heterocycles. The van der Waals surface area contributed by atoms with Gasteiger partial charge in [-0.15, -0.1) is 0 Å². The Bertz CT molecular complexity index is 1640. The van der Waals surface area contributed by atoms with Crippen molar-refractivity contribution in [1.82, 2.24) is 4.90 Å². The minimum atomic E-state index is -1.68. The maximum absolute atomic E-state index is 14.5. The van der Waals surface area contributed by atoms with Crippen LogP contribution in [0.1, 0.15) is 46.2 Å². The molecule has 3 heterocycles. The number of rotatable bonds is 4. The van der Waals surface area contributed by atoms with E-state index in [9.17, 15) is 18.8 Å². The van der Waals surface area contributed by atoms with Crippen LogP contribution >= 0.6 is 0 Å². The quantitative estimate of drug-likeness (QED) is 0.415. The molecule has 1 unspecified atom stereocenters. The van der Waals surface area contributed by atoms with Gasteiger partial charge in [0.05, 0.1) is 23.2 Å². The van der Waals surface area contributed by atoms with Crippen molar-refractivity contribution in [2.45, 2.75) is 32.4 Å². The predicted molar refractivity (Wildman–Crippen MR) is 133 cm³/mol. The number of carbonyl (C=O) groups is 2. The zero-order chi connectivity index (χ0) is 25.2. The highest BCUT2D eigenvalue weighted by Gasteiger charge is 2.64. The number of nitrogens with zero attached hydrogens (tertiary/aromatic N) is 2. The van der Waals surface area contributed by atoms with E-state index in [1.165, 1.54) is 17.0 Å². The van der Waals surface area contributed by atoms with Crippen molar-refractivity contribution in [2.24, 2.45) is 0 Å². The number of hydrogen-bond acceptors (Lipinski definition) is 4. The number of para-hydroxylation sites is 1. The standard InChI is InChI=1S/C29H23FN2O4/c1-3-14-32-27(34)26-24(25(33)20-15-19(30)12-13-23(20)36-26)29(32)21-10-6-7-11-22(21)31(28(29)35)16-18-9-5-4-8-17(18)2/h4-13,15H,3,14,16H2,1-2H3. The van der Waals surface area contributed by atoms with Crippen LogP contribution in [0.15, 0.2) is 75.9 Å². The number of benzene rings is 3. The van der Waals surface area contributed by atoms with Crippen LogP contribution in [-0.4, -0.2) is 23.3 Å². The third kappa shape index (κ3) is 2.80. The summed E-state index contributed by atoms with van der Waals surface area (Å²) in [5, 5.41) is 0.00177. The van der Waals surface area contributed by atoms with Gasteiger partial charge in [-0.05, 0) is 48.7 Å². The van der Waals surface area contributed by atoms with Crippen molar-refractivity contribution < 1.29 is 18.4 Å². The van der Waals surface area contributed by atoms with Gasteiger partial charge in [-0.25, -0.2) is 4.39 Å². The summed E-state index contributed by atoms with van der Waals surface area (Å²) in [6, 6.07) is 18.6. The van der Waals surface area contributed by atoms with E-state index in [0.29, 0.717) is 17.7 Å². The van der Waals surface area contributed by atoms with Gasteiger partial charge in [0.1, 0.15) is 11.4 Å². The topological polar surface area (TPSA) is 70.8 Å². The lowest BCUT2D eigenvalue weighted by atomic mass is 9.84. The summed E-state index contributed by atoms with van der Waals surface area (Å²) in [7, 11) is 0. The summed E-state index contributed by atoms with van der Waals surface area (Å²) < 4.78 is 20.1. The Balaban J connectivity index is 1.67. The van der Waals surface area contributed by atoms with E-state index in [1.54, 1.807) is 17.0 Å². The maximum atomic E-state index is 14.5. The lowest BCUT2D eigenvalue weighted by molar-refractivity contribution is -0.126. The Labute approximate surface area is 206 Å². The summed E-state index contributed by atoms with van der Waals surface area (Å²) >= 11 is 0. The van der Waals surface area contributed by atoms with Crippen molar-refractivity contribution in [3.8, 4) is 0 Å². The molecular weight excluding hydrogens is 459 g/mol. The van der Waals surface area contributed by atoms with Crippen molar-refractivity contribution in [3.05, 3.63) is 111 Å². The highest BCUT2D eigenvalue weighted by atomic mass is 19.1. The highest BCUT2D eigenvalue weighted by molar-refractivity contribution is 6.17. The molecule has 1 spiro atoms. The molecule has 6 rings (SSSR count).